The van der Waals surface area contributed by atoms with Crippen molar-refractivity contribution in [3.05, 3.63) is 28.8 Å². The second-order valence-electron chi connectivity index (χ2n) is 5.52. The van der Waals surface area contributed by atoms with Gasteiger partial charge in [-0.1, -0.05) is 11.6 Å². The number of halogens is 2. The molecule has 116 valence electrons. The van der Waals surface area contributed by atoms with Crippen molar-refractivity contribution in [3.8, 4) is 5.75 Å². The minimum absolute atomic E-state index is 0. The molecule has 1 fully saturated rings. The second-order valence-corrected chi connectivity index (χ2v) is 5.96. The van der Waals surface area contributed by atoms with E-state index in [9.17, 15) is 4.79 Å². The molecular weight excluding hydrogens is 311 g/mol. The fraction of sp³-hybridized carbons (Fsp3) is 0.533. The van der Waals surface area contributed by atoms with Gasteiger partial charge in [-0.25, -0.2) is 0 Å². The van der Waals surface area contributed by atoms with Crippen LogP contribution in [0.15, 0.2) is 18.2 Å². The van der Waals surface area contributed by atoms with E-state index in [4.69, 9.17) is 16.3 Å². The molecular formula is C15H20Cl2N2O2. The number of carbonyl (C=O) groups excluding carboxylic acids is 1. The second kappa shape index (κ2) is 7.34. The van der Waals surface area contributed by atoms with Crippen LogP contribution in [-0.4, -0.2) is 31.6 Å². The Bertz CT molecular complexity index is 504. The number of piperidine rings is 1. The third-order valence-electron chi connectivity index (χ3n) is 3.95. The molecule has 2 unspecified atom stereocenters. The van der Waals surface area contributed by atoms with Gasteiger partial charge < -0.3 is 15.4 Å². The average molecular weight is 331 g/mol. The molecule has 1 aromatic carbocycles. The number of ether oxygens (including phenoxy) is 1. The lowest BCUT2D eigenvalue weighted by atomic mass is 9.99. The first-order valence-electron chi connectivity index (χ1n) is 7.16. The van der Waals surface area contributed by atoms with Crippen LogP contribution in [0.3, 0.4) is 0 Å². The van der Waals surface area contributed by atoms with Gasteiger partial charge >= 0.3 is 0 Å². The molecule has 2 atom stereocenters. The van der Waals surface area contributed by atoms with Crippen LogP contribution in [0.1, 0.15) is 18.4 Å². The number of amides is 1. The number of nitrogens with one attached hydrogen (secondary N) is 2. The van der Waals surface area contributed by atoms with E-state index >= 15 is 0 Å². The molecule has 0 radical (unpaired) electrons. The highest BCUT2D eigenvalue weighted by atomic mass is 35.5. The maximum Gasteiger partial charge on any atom is 0.261 e. The number of carbonyl (C=O) groups is 1. The quantitative estimate of drug-likeness (QED) is 0.893. The van der Waals surface area contributed by atoms with Crippen LogP contribution in [0.5, 0.6) is 5.75 Å². The first kappa shape index (κ1) is 16.4. The SMILES string of the molecule is Cl.O=C(NCC1CCCNC1)C1Cc2cc(Cl)ccc2O1. The van der Waals surface area contributed by atoms with E-state index in [1.165, 1.54) is 12.8 Å². The molecule has 0 bridgehead atoms. The average Bonchev–Trinajstić information content (AvgIpc) is 2.89. The lowest BCUT2D eigenvalue weighted by Crippen LogP contribution is -2.43. The Balaban J connectivity index is 0.00000161. The van der Waals surface area contributed by atoms with Gasteiger partial charge in [0, 0.05) is 18.0 Å². The summed E-state index contributed by atoms with van der Waals surface area (Å²) in [5.74, 6) is 1.28. The minimum atomic E-state index is -0.417. The van der Waals surface area contributed by atoms with Crippen molar-refractivity contribution < 1.29 is 9.53 Å². The third kappa shape index (κ3) is 4.02. The highest BCUT2D eigenvalue weighted by molar-refractivity contribution is 6.30. The van der Waals surface area contributed by atoms with Crippen LogP contribution in [0, 0.1) is 5.92 Å². The molecule has 21 heavy (non-hydrogen) atoms. The molecule has 1 aromatic rings. The molecule has 2 N–H and O–H groups in total. The zero-order chi connectivity index (χ0) is 13.9. The number of hydrogen-bond donors (Lipinski definition) is 2. The fourth-order valence-electron chi connectivity index (χ4n) is 2.82. The summed E-state index contributed by atoms with van der Waals surface area (Å²) in [6.07, 6.45) is 2.55. The lowest BCUT2D eigenvalue weighted by Gasteiger charge is -2.23. The zero-order valence-electron chi connectivity index (χ0n) is 11.7. The Morgan fingerprint density at radius 3 is 3.10 bits per heavy atom. The van der Waals surface area contributed by atoms with E-state index in [1.54, 1.807) is 6.07 Å². The highest BCUT2D eigenvalue weighted by Gasteiger charge is 2.29. The first-order valence-corrected chi connectivity index (χ1v) is 7.53. The first-order chi connectivity index (χ1) is 9.72. The predicted octanol–water partition coefficient (Wildman–Crippen LogP) is 2.18. The summed E-state index contributed by atoms with van der Waals surface area (Å²) < 4.78 is 5.68. The molecule has 2 aliphatic rings. The summed E-state index contributed by atoms with van der Waals surface area (Å²) >= 11 is 5.95. The van der Waals surface area contributed by atoms with Crippen LogP contribution in [0.2, 0.25) is 5.02 Å². The van der Waals surface area contributed by atoms with Crippen molar-refractivity contribution in [3.63, 3.8) is 0 Å². The molecule has 2 aliphatic heterocycles. The Morgan fingerprint density at radius 1 is 1.48 bits per heavy atom. The van der Waals surface area contributed by atoms with Crippen LogP contribution >= 0.6 is 24.0 Å². The van der Waals surface area contributed by atoms with Crippen LogP contribution < -0.4 is 15.4 Å². The number of rotatable bonds is 3. The van der Waals surface area contributed by atoms with Gasteiger partial charge in [-0.05, 0) is 55.6 Å². The van der Waals surface area contributed by atoms with Gasteiger partial charge in [0.2, 0.25) is 0 Å². The summed E-state index contributed by atoms with van der Waals surface area (Å²) in [6.45, 7) is 2.80. The standard InChI is InChI=1S/C15H19ClN2O2.ClH/c16-12-3-4-13-11(6-12)7-14(20-13)15(19)18-9-10-2-1-5-17-8-10;/h3-4,6,10,14,17H,1-2,5,7-9H2,(H,18,19);1H. The third-order valence-corrected chi connectivity index (χ3v) is 4.19. The molecule has 0 aromatic heterocycles. The van der Waals surface area contributed by atoms with Crippen molar-refractivity contribution in [1.82, 2.24) is 10.6 Å². The summed E-state index contributed by atoms with van der Waals surface area (Å²) in [7, 11) is 0. The number of benzene rings is 1. The highest BCUT2D eigenvalue weighted by Crippen LogP contribution is 2.31. The normalized spacial score (nSPS) is 23.7. The van der Waals surface area contributed by atoms with Crippen LogP contribution in [0.25, 0.3) is 0 Å². The van der Waals surface area contributed by atoms with Crippen molar-refractivity contribution >= 4 is 29.9 Å². The molecule has 1 saturated heterocycles. The summed E-state index contributed by atoms with van der Waals surface area (Å²) in [4.78, 5) is 12.2. The molecule has 6 heteroatoms. The van der Waals surface area contributed by atoms with Crippen molar-refractivity contribution in [2.75, 3.05) is 19.6 Å². The summed E-state index contributed by atoms with van der Waals surface area (Å²) in [5, 5.41) is 7.04. The van der Waals surface area contributed by atoms with Crippen molar-refractivity contribution in [2.24, 2.45) is 5.92 Å². The van der Waals surface area contributed by atoms with Crippen molar-refractivity contribution in [2.45, 2.75) is 25.4 Å². The lowest BCUT2D eigenvalue weighted by molar-refractivity contribution is -0.127. The van der Waals surface area contributed by atoms with E-state index in [1.807, 2.05) is 12.1 Å². The summed E-state index contributed by atoms with van der Waals surface area (Å²) in [5.41, 5.74) is 1.01. The Labute approximate surface area is 136 Å². The summed E-state index contributed by atoms with van der Waals surface area (Å²) in [6, 6.07) is 5.49. The molecule has 2 heterocycles. The van der Waals surface area contributed by atoms with E-state index < -0.39 is 6.10 Å². The number of hydrogen-bond acceptors (Lipinski definition) is 3. The van der Waals surface area contributed by atoms with E-state index in [-0.39, 0.29) is 18.3 Å². The molecule has 1 amide bonds. The van der Waals surface area contributed by atoms with Gasteiger partial charge in [0.25, 0.3) is 5.91 Å². The molecule has 0 spiro atoms. The minimum Gasteiger partial charge on any atom is -0.480 e. The topological polar surface area (TPSA) is 50.4 Å². The van der Waals surface area contributed by atoms with Gasteiger partial charge in [-0.15, -0.1) is 12.4 Å². The molecule has 0 saturated carbocycles. The van der Waals surface area contributed by atoms with E-state index in [0.717, 1.165) is 30.9 Å². The monoisotopic (exact) mass is 330 g/mol. The van der Waals surface area contributed by atoms with Gasteiger partial charge in [-0.2, -0.15) is 0 Å². The molecule has 3 rings (SSSR count). The zero-order valence-corrected chi connectivity index (χ0v) is 13.3. The van der Waals surface area contributed by atoms with Gasteiger partial charge in [0.1, 0.15) is 5.75 Å². The Hall–Kier alpha value is -0.970. The van der Waals surface area contributed by atoms with Crippen LogP contribution in [0.4, 0.5) is 0 Å². The predicted molar refractivity (Wildman–Crippen MR) is 85.4 cm³/mol. The maximum atomic E-state index is 12.2. The molecule has 4 nitrogen and oxygen atoms in total. The van der Waals surface area contributed by atoms with E-state index in [0.29, 0.717) is 17.4 Å². The van der Waals surface area contributed by atoms with Gasteiger partial charge in [-0.3, -0.25) is 4.79 Å². The largest absolute Gasteiger partial charge is 0.480 e. The van der Waals surface area contributed by atoms with Gasteiger partial charge in [0.15, 0.2) is 6.10 Å². The fourth-order valence-corrected chi connectivity index (χ4v) is 3.02. The number of fused-ring (bicyclic) bond motifs is 1. The van der Waals surface area contributed by atoms with Crippen LogP contribution in [-0.2, 0) is 11.2 Å². The Morgan fingerprint density at radius 2 is 2.33 bits per heavy atom. The van der Waals surface area contributed by atoms with E-state index in [2.05, 4.69) is 10.6 Å². The maximum absolute atomic E-state index is 12.2. The molecule has 0 aliphatic carbocycles. The van der Waals surface area contributed by atoms with Crippen molar-refractivity contribution in [1.29, 1.82) is 0 Å². The Kier molecular flexibility index (Phi) is 5.73. The smallest absolute Gasteiger partial charge is 0.261 e. The van der Waals surface area contributed by atoms with Gasteiger partial charge in [0.05, 0.1) is 0 Å².